The van der Waals surface area contributed by atoms with Gasteiger partial charge in [-0.05, 0) is 27.4 Å². The monoisotopic (exact) mass is 331 g/mol. The van der Waals surface area contributed by atoms with E-state index >= 15 is 0 Å². The zero-order valence-electron chi connectivity index (χ0n) is 15.5. The smallest absolute Gasteiger partial charge is 0.320 e. The van der Waals surface area contributed by atoms with Crippen molar-refractivity contribution in [3.8, 4) is 0 Å². The number of carboxylic acids is 2. The van der Waals surface area contributed by atoms with Gasteiger partial charge >= 0.3 is 11.9 Å². The van der Waals surface area contributed by atoms with Crippen molar-refractivity contribution in [2.45, 2.75) is 90.5 Å². The molecular weight excluding hydrogens is 294 g/mol. The molecule has 5 nitrogen and oxygen atoms in total. The van der Waals surface area contributed by atoms with E-state index in [9.17, 15) is 9.59 Å². The van der Waals surface area contributed by atoms with E-state index in [0.29, 0.717) is 6.42 Å². The first-order chi connectivity index (χ1) is 10.8. The molecule has 23 heavy (non-hydrogen) atoms. The molecule has 0 aromatic heterocycles. The molecule has 138 valence electrons. The van der Waals surface area contributed by atoms with Gasteiger partial charge in [0.15, 0.2) is 0 Å². The molecule has 0 fully saturated rings. The van der Waals surface area contributed by atoms with Crippen molar-refractivity contribution in [3.05, 3.63) is 0 Å². The van der Waals surface area contributed by atoms with Crippen LogP contribution in [-0.2, 0) is 9.59 Å². The first-order valence-electron chi connectivity index (χ1n) is 8.93. The molecular formula is C18H37NO4. The average molecular weight is 331 g/mol. The lowest BCUT2D eigenvalue weighted by Crippen LogP contribution is -2.32. The molecule has 0 aromatic carbocycles. The summed E-state index contributed by atoms with van der Waals surface area (Å²) in [5.74, 6) is -1.44. The lowest BCUT2D eigenvalue weighted by molar-refractivity contribution is -0.141. The van der Waals surface area contributed by atoms with Crippen molar-refractivity contribution < 1.29 is 19.8 Å². The van der Waals surface area contributed by atoms with Gasteiger partial charge in [0.05, 0.1) is 0 Å². The van der Waals surface area contributed by atoms with Crippen molar-refractivity contribution in [3.63, 3.8) is 0 Å². The fourth-order valence-corrected chi connectivity index (χ4v) is 1.98. The standard InChI is InChI=1S/C13H26O2.C5H11NO2/c1-2-3-4-5-6-7-8-9-10-11-12-13(14)15;1-4(5(7)8)6(2)3/h2-12H2,1H3,(H,14,15);4H,1-3H3,(H,7,8). The van der Waals surface area contributed by atoms with E-state index in [1.165, 1.54) is 51.4 Å². The highest BCUT2D eigenvalue weighted by molar-refractivity contribution is 5.72. The van der Waals surface area contributed by atoms with Crippen LogP contribution in [0.3, 0.4) is 0 Å². The van der Waals surface area contributed by atoms with Gasteiger partial charge in [-0.1, -0.05) is 64.7 Å². The summed E-state index contributed by atoms with van der Waals surface area (Å²) in [7, 11) is 3.47. The minimum absolute atomic E-state index is 0.344. The molecule has 1 unspecified atom stereocenters. The van der Waals surface area contributed by atoms with Gasteiger partial charge in [-0.15, -0.1) is 0 Å². The molecule has 0 heterocycles. The molecule has 0 aliphatic heterocycles. The van der Waals surface area contributed by atoms with Gasteiger partial charge in [-0.3, -0.25) is 14.5 Å². The lowest BCUT2D eigenvalue weighted by Gasteiger charge is -2.13. The summed E-state index contributed by atoms with van der Waals surface area (Å²) in [5, 5.41) is 16.7. The molecule has 0 aromatic rings. The fourth-order valence-electron chi connectivity index (χ4n) is 1.98. The number of unbranched alkanes of at least 4 members (excludes halogenated alkanes) is 9. The average Bonchev–Trinajstić information content (AvgIpc) is 2.48. The molecule has 0 bridgehead atoms. The second-order valence-electron chi connectivity index (χ2n) is 6.30. The third kappa shape index (κ3) is 20.9. The molecule has 0 aliphatic carbocycles. The van der Waals surface area contributed by atoms with Crippen LogP contribution in [0.25, 0.3) is 0 Å². The van der Waals surface area contributed by atoms with Crippen LogP contribution in [0.2, 0.25) is 0 Å². The highest BCUT2D eigenvalue weighted by Gasteiger charge is 2.11. The number of hydrogen-bond acceptors (Lipinski definition) is 3. The number of likely N-dealkylation sites (N-methyl/N-ethyl adjacent to an activating group) is 1. The third-order valence-electron chi connectivity index (χ3n) is 3.88. The summed E-state index contributed by atoms with van der Waals surface area (Å²) >= 11 is 0. The summed E-state index contributed by atoms with van der Waals surface area (Å²) < 4.78 is 0. The molecule has 1 atom stereocenters. The Labute approximate surface area is 142 Å². The lowest BCUT2D eigenvalue weighted by atomic mass is 10.1. The Bertz CT molecular complexity index is 293. The van der Waals surface area contributed by atoms with E-state index in [2.05, 4.69) is 6.92 Å². The van der Waals surface area contributed by atoms with Crippen molar-refractivity contribution in [2.75, 3.05) is 14.1 Å². The molecule has 0 amide bonds. The summed E-state index contributed by atoms with van der Waals surface area (Å²) in [6, 6.07) is -0.380. The highest BCUT2D eigenvalue weighted by atomic mass is 16.4. The van der Waals surface area contributed by atoms with Crippen LogP contribution in [0.1, 0.15) is 84.5 Å². The van der Waals surface area contributed by atoms with Gasteiger partial charge in [-0.25, -0.2) is 0 Å². The Morgan fingerprint density at radius 3 is 1.48 bits per heavy atom. The Kier molecular flexibility index (Phi) is 18.1. The summed E-state index contributed by atoms with van der Waals surface area (Å²) in [6.45, 7) is 3.88. The number of carbonyl (C=O) groups is 2. The summed E-state index contributed by atoms with van der Waals surface area (Å²) in [5.41, 5.74) is 0. The molecule has 0 rings (SSSR count). The van der Waals surface area contributed by atoms with E-state index in [1.807, 2.05) is 0 Å². The zero-order chi connectivity index (χ0) is 18.1. The first-order valence-corrected chi connectivity index (χ1v) is 8.93. The van der Waals surface area contributed by atoms with Crippen LogP contribution in [0.4, 0.5) is 0 Å². The van der Waals surface area contributed by atoms with Gasteiger partial charge < -0.3 is 10.2 Å². The number of nitrogens with zero attached hydrogens (tertiary/aromatic N) is 1. The van der Waals surface area contributed by atoms with Crippen LogP contribution in [0.15, 0.2) is 0 Å². The largest absolute Gasteiger partial charge is 0.481 e. The molecule has 0 saturated heterocycles. The van der Waals surface area contributed by atoms with Crippen LogP contribution in [0.5, 0.6) is 0 Å². The van der Waals surface area contributed by atoms with Gasteiger partial charge in [-0.2, -0.15) is 0 Å². The normalized spacial score (nSPS) is 11.7. The van der Waals surface area contributed by atoms with Crippen molar-refractivity contribution >= 4 is 11.9 Å². The maximum atomic E-state index is 10.2. The van der Waals surface area contributed by atoms with E-state index in [0.717, 1.165) is 12.8 Å². The topological polar surface area (TPSA) is 77.8 Å². The number of rotatable bonds is 13. The Hall–Kier alpha value is -1.10. The molecule has 0 spiro atoms. The van der Waals surface area contributed by atoms with Gasteiger partial charge in [0.25, 0.3) is 0 Å². The SMILES string of the molecule is CC(C(=O)O)N(C)C.CCCCCCCCCCCCC(=O)O. The van der Waals surface area contributed by atoms with Gasteiger partial charge in [0, 0.05) is 6.42 Å². The van der Waals surface area contributed by atoms with E-state index < -0.39 is 11.9 Å². The Morgan fingerprint density at radius 2 is 1.22 bits per heavy atom. The summed E-state index contributed by atoms with van der Waals surface area (Å²) in [6.07, 6.45) is 12.9. The number of hydrogen-bond donors (Lipinski definition) is 2. The minimum atomic E-state index is -0.782. The second kappa shape index (κ2) is 17.3. The van der Waals surface area contributed by atoms with Gasteiger partial charge in [0.1, 0.15) is 6.04 Å². The van der Waals surface area contributed by atoms with Crippen LogP contribution in [-0.4, -0.2) is 47.2 Å². The maximum absolute atomic E-state index is 10.2. The predicted octanol–water partition coefficient (Wildman–Crippen LogP) is 4.40. The van der Waals surface area contributed by atoms with E-state index in [-0.39, 0.29) is 6.04 Å². The van der Waals surface area contributed by atoms with Gasteiger partial charge in [0.2, 0.25) is 0 Å². The molecule has 0 saturated carbocycles. The molecule has 0 aliphatic rings. The van der Waals surface area contributed by atoms with Crippen LogP contribution >= 0.6 is 0 Å². The molecule has 2 N–H and O–H groups in total. The van der Waals surface area contributed by atoms with E-state index in [1.54, 1.807) is 25.9 Å². The highest BCUT2D eigenvalue weighted by Crippen LogP contribution is 2.11. The maximum Gasteiger partial charge on any atom is 0.320 e. The van der Waals surface area contributed by atoms with E-state index in [4.69, 9.17) is 10.2 Å². The first kappa shape index (κ1) is 24.2. The Morgan fingerprint density at radius 1 is 0.826 bits per heavy atom. The molecule has 5 heteroatoms. The van der Waals surface area contributed by atoms with Crippen LogP contribution in [0, 0.1) is 0 Å². The zero-order valence-corrected chi connectivity index (χ0v) is 15.5. The number of aliphatic carboxylic acids is 2. The van der Waals surface area contributed by atoms with Crippen LogP contribution < -0.4 is 0 Å². The van der Waals surface area contributed by atoms with Crippen molar-refractivity contribution in [2.24, 2.45) is 0 Å². The minimum Gasteiger partial charge on any atom is -0.481 e. The quantitative estimate of drug-likeness (QED) is 0.489. The fraction of sp³-hybridized carbons (Fsp3) is 0.889. The second-order valence-corrected chi connectivity index (χ2v) is 6.30. The van der Waals surface area contributed by atoms with Crippen molar-refractivity contribution in [1.29, 1.82) is 0 Å². The molecule has 0 radical (unpaired) electrons. The summed E-state index contributed by atoms with van der Waals surface area (Å²) in [4.78, 5) is 22.0. The predicted molar refractivity (Wildman–Crippen MR) is 94.9 cm³/mol. The van der Waals surface area contributed by atoms with Crippen molar-refractivity contribution in [1.82, 2.24) is 4.90 Å². The number of carboxylic acid groups (broad SMARTS) is 2. The third-order valence-corrected chi connectivity index (χ3v) is 3.88. The Balaban J connectivity index is 0.